The van der Waals surface area contributed by atoms with Crippen LogP contribution in [0.1, 0.15) is 38.4 Å². The average molecular weight is 186 g/mol. The minimum absolute atomic E-state index is 0.208. The molecule has 0 bridgehead atoms. The van der Waals surface area contributed by atoms with Crippen molar-refractivity contribution in [2.24, 2.45) is 7.05 Å². The van der Waals surface area contributed by atoms with Crippen LogP contribution in [-0.4, -0.2) is 9.78 Å². The fourth-order valence-electron chi connectivity index (χ4n) is 1.08. The molecular weight excluding hydrogens is 167 g/mol. The Morgan fingerprint density at radius 3 is 1.92 bits per heavy atom. The summed E-state index contributed by atoms with van der Waals surface area (Å²) in [6.45, 7) is 8.00. The number of nitrogens with zero attached hydrogens (tertiary/aromatic N) is 2. The van der Waals surface area contributed by atoms with Crippen molar-refractivity contribution in [3.63, 3.8) is 0 Å². The van der Waals surface area contributed by atoms with Gasteiger partial charge in [0.1, 0.15) is 0 Å². The van der Waals surface area contributed by atoms with Crippen LogP contribution in [0.25, 0.3) is 0 Å². The van der Waals surface area contributed by atoms with Gasteiger partial charge in [-0.3, -0.25) is 0 Å². The minimum atomic E-state index is -0.208. The van der Waals surface area contributed by atoms with Crippen molar-refractivity contribution in [1.29, 1.82) is 0 Å². The van der Waals surface area contributed by atoms with Gasteiger partial charge < -0.3 is 0 Å². The third kappa shape index (κ3) is 3.17. The second-order valence-corrected chi connectivity index (χ2v) is 3.04. The van der Waals surface area contributed by atoms with E-state index in [-0.39, 0.29) is 5.95 Å². The number of aryl methyl sites for hydroxylation is 2. The van der Waals surface area contributed by atoms with Crippen molar-refractivity contribution < 1.29 is 4.39 Å². The molecule has 0 spiro atoms. The molecule has 1 rings (SSSR count). The predicted molar refractivity (Wildman–Crippen MR) is 53.2 cm³/mol. The van der Waals surface area contributed by atoms with Gasteiger partial charge in [0.05, 0.1) is 5.69 Å². The zero-order chi connectivity index (χ0) is 10.4. The highest BCUT2D eigenvalue weighted by atomic mass is 19.1. The molecule has 2 nitrogen and oxygen atoms in total. The van der Waals surface area contributed by atoms with E-state index in [1.807, 2.05) is 13.8 Å². The molecule has 1 heterocycles. The lowest BCUT2D eigenvalue weighted by molar-refractivity contribution is 0.496. The number of hydrogen-bond acceptors (Lipinski definition) is 1. The molecule has 0 saturated carbocycles. The van der Waals surface area contributed by atoms with Crippen LogP contribution in [0.2, 0.25) is 0 Å². The summed E-state index contributed by atoms with van der Waals surface area (Å²) < 4.78 is 14.2. The molecule has 0 aliphatic rings. The van der Waals surface area contributed by atoms with Gasteiger partial charge in [-0.25, -0.2) is 4.68 Å². The summed E-state index contributed by atoms with van der Waals surface area (Å²) in [6.07, 6.45) is 1.96. The fraction of sp³-hybridized carbons (Fsp3) is 0.700. The largest absolute Gasteiger partial charge is 0.242 e. The van der Waals surface area contributed by atoms with Gasteiger partial charge in [-0.2, -0.15) is 9.49 Å². The number of halogens is 1. The Bertz CT molecular complexity index is 254. The molecule has 3 heteroatoms. The number of rotatable bonds is 1. The Morgan fingerprint density at radius 2 is 1.77 bits per heavy atom. The van der Waals surface area contributed by atoms with E-state index in [0.717, 1.165) is 11.3 Å². The Hall–Kier alpha value is -0.860. The van der Waals surface area contributed by atoms with Crippen LogP contribution in [0.5, 0.6) is 0 Å². The normalized spacial score (nSPS) is 9.38. The highest BCUT2D eigenvalue weighted by Gasteiger charge is 2.09. The van der Waals surface area contributed by atoms with E-state index in [2.05, 4.69) is 18.9 Å². The standard InChI is InChI=1S/C7H11FN2.C3H8/c1-4-6-5(2)9-10(3)7(6)8;1-3-2/h4H2,1-3H3;3H2,1-2H3. The van der Waals surface area contributed by atoms with Gasteiger partial charge in [0, 0.05) is 12.6 Å². The van der Waals surface area contributed by atoms with Crippen LogP contribution < -0.4 is 0 Å². The first-order valence-electron chi connectivity index (χ1n) is 4.76. The van der Waals surface area contributed by atoms with Gasteiger partial charge in [-0.15, -0.1) is 0 Å². The smallest absolute Gasteiger partial charge is 0.214 e. The van der Waals surface area contributed by atoms with Gasteiger partial charge in [0.2, 0.25) is 5.95 Å². The second-order valence-electron chi connectivity index (χ2n) is 3.04. The van der Waals surface area contributed by atoms with Gasteiger partial charge in [-0.1, -0.05) is 27.2 Å². The Labute approximate surface area is 79.8 Å². The van der Waals surface area contributed by atoms with E-state index in [4.69, 9.17) is 0 Å². The zero-order valence-corrected chi connectivity index (χ0v) is 9.19. The maximum Gasteiger partial charge on any atom is 0.214 e. The van der Waals surface area contributed by atoms with Crippen molar-refractivity contribution in [1.82, 2.24) is 9.78 Å². The summed E-state index contributed by atoms with van der Waals surface area (Å²) in [5, 5.41) is 3.92. The number of aromatic nitrogens is 2. The Morgan fingerprint density at radius 1 is 1.31 bits per heavy atom. The van der Waals surface area contributed by atoms with Crippen molar-refractivity contribution in [2.75, 3.05) is 0 Å². The predicted octanol–water partition coefficient (Wildman–Crippen LogP) is 2.85. The van der Waals surface area contributed by atoms with Crippen LogP contribution in [0, 0.1) is 12.9 Å². The van der Waals surface area contributed by atoms with Crippen molar-refractivity contribution in [3.8, 4) is 0 Å². The zero-order valence-electron chi connectivity index (χ0n) is 9.19. The maximum atomic E-state index is 12.9. The van der Waals surface area contributed by atoms with Crippen LogP contribution >= 0.6 is 0 Å². The molecule has 0 amide bonds. The summed E-state index contributed by atoms with van der Waals surface area (Å²) in [4.78, 5) is 0. The van der Waals surface area contributed by atoms with E-state index in [9.17, 15) is 4.39 Å². The molecule has 0 atom stereocenters. The summed E-state index contributed by atoms with van der Waals surface area (Å²) in [5.41, 5.74) is 1.52. The van der Waals surface area contributed by atoms with Gasteiger partial charge in [-0.05, 0) is 13.3 Å². The summed E-state index contributed by atoms with van der Waals surface area (Å²) in [7, 11) is 1.61. The van der Waals surface area contributed by atoms with E-state index < -0.39 is 0 Å². The molecule has 0 saturated heterocycles. The average Bonchev–Trinajstić information content (AvgIpc) is 2.28. The molecule has 1 aromatic heterocycles. The van der Waals surface area contributed by atoms with E-state index >= 15 is 0 Å². The molecule has 0 aromatic carbocycles. The molecule has 0 unspecified atom stereocenters. The first-order valence-corrected chi connectivity index (χ1v) is 4.76. The summed E-state index contributed by atoms with van der Waals surface area (Å²) in [5.74, 6) is -0.208. The Balaban J connectivity index is 0.000000424. The van der Waals surface area contributed by atoms with Gasteiger partial charge in [0.25, 0.3) is 0 Å². The SMILES string of the molecule is CCC.CCc1c(C)nn(C)c1F. The van der Waals surface area contributed by atoms with Crippen molar-refractivity contribution in [3.05, 3.63) is 17.2 Å². The van der Waals surface area contributed by atoms with E-state index in [0.29, 0.717) is 6.42 Å². The monoisotopic (exact) mass is 186 g/mol. The number of hydrogen-bond donors (Lipinski definition) is 0. The van der Waals surface area contributed by atoms with E-state index in [1.165, 1.54) is 11.1 Å². The van der Waals surface area contributed by atoms with Gasteiger partial charge >= 0.3 is 0 Å². The highest BCUT2D eigenvalue weighted by Crippen LogP contribution is 2.10. The summed E-state index contributed by atoms with van der Waals surface area (Å²) in [6, 6.07) is 0. The minimum Gasteiger partial charge on any atom is -0.242 e. The quantitative estimate of drug-likeness (QED) is 0.659. The molecule has 0 radical (unpaired) electrons. The molecule has 13 heavy (non-hydrogen) atoms. The van der Waals surface area contributed by atoms with Crippen molar-refractivity contribution >= 4 is 0 Å². The third-order valence-corrected chi connectivity index (χ3v) is 1.62. The topological polar surface area (TPSA) is 17.8 Å². The van der Waals surface area contributed by atoms with Crippen LogP contribution in [0.15, 0.2) is 0 Å². The molecule has 1 aromatic rings. The lowest BCUT2D eigenvalue weighted by Gasteiger charge is -1.90. The first kappa shape index (κ1) is 12.1. The second kappa shape index (κ2) is 5.73. The van der Waals surface area contributed by atoms with Crippen LogP contribution in [0.4, 0.5) is 4.39 Å². The maximum absolute atomic E-state index is 12.9. The molecule has 76 valence electrons. The molecule has 0 N–H and O–H groups in total. The highest BCUT2D eigenvalue weighted by molar-refractivity contribution is 5.16. The van der Waals surface area contributed by atoms with E-state index in [1.54, 1.807) is 7.05 Å². The van der Waals surface area contributed by atoms with Crippen LogP contribution in [-0.2, 0) is 13.5 Å². The molecule has 0 fully saturated rings. The third-order valence-electron chi connectivity index (χ3n) is 1.62. The van der Waals surface area contributed by atoms with Crippen LogP contribution in [0.3, 0.4) is 0 Å². The Kier molecular flexibility index (Phi) is 5.35. The summed E-state index contributed by atoms with van der Waals surface area (Å²) >= 11 is 0. The van der Waals surface area contributed by atoms with Gasteiger partial charge in [0.15, 0.2) is 0 Å². The molecule has 0 aliphatic heterocycles. The van der Waals surface area contributed by atoms with Crippen molar-refractivity contribution in [2.45, 2.75) is 40.5 Å². The first-order chi connectivity index (χ1) is 6.08. The lowest BCUT2D eigenvalue weighted by atomic mass is 10.2. The molecule has 0 aliphatic carbocycles. The lowest BCUT2D eigenvalue weighted by Crippen LogP contribution is -1.94. The molecular formula is C10H19FN2. The fourth-order valence-corrected chi connectivity index (χ4v) is 1.08.